The lowest BCUT2D eigenvalue weighted by Crippen LogP contribution is -2.33. The minimum absolute atomic E-state index is 0.0635. The number of amides is 2. The molecule has 2 aromatic carbocycles. The van der Waals surface area contributed by atoms with Gasteiger partial charge in [0, 0.05) is 12.7 Å². The minimum atomic E-state index is -0.367. The number of aromatic nitrogens is 3. The number of hydrogen-bond donors (Lipinski definition) is 2. The number of rotatable bonds is 8. The van der Waals surface area contributed by atoms with Crippen molar-refractivity contribution in [3.63, 3.8) is 0 Å². The zero-order valence-electron chi connectivity index (χ0n) is 17.5. The summed E-state index contributed by atoms with van der Waals surface area (Å²) in [7, 11) is 1.82. The molecule has 0 bridgehead atoms. The number of para-hydroxylation sites is 1. The van der Waals surface area contributed by atoms with Crippen LogP contribution in [0.5, 0.6) is 0 Å². The molecule has 0 aliphatic rings. The summed E-state index contributed by atoms with van der Waals surface area (Å²) in [5.41, 5.74) is 1.15. The van der Waals surface area contributed by atoms with Crippen LogP contribution < -0.4 is 10.6 Å². The van der Waals surface area contributed by atoms with E-state index in [0.717, 1.165) is 5.69 Å². The topological polar surface area (TPSA) is 88.9 Å². The number of benzene rings is 2. The average Bonchev–Trinajstić information content (AvgIpc) is 3.11. The zero-order chi connectivity index (χ0) is 22.4. The minimum Gasteiger partial charge on any atom is -0.342 e. The molecule has 2 amide bonds. The van der Waals surface area contributed by atoms with Gasteiger partial charge in [-0.05, 0) is 30.2 Å². The lowest BCUT2D eigenvalue weighted by Gasteiger charge is -2.22. The van der Waals surface area contributed by atoms with Gasteiger partial charge in [0.2, 0.25) is 5.91 Å². The highest BCUT2D eigenvalue weighted by atomic mass is 35.5. The molecule has 0 aliphatic carbocycles. The van der Waals surface area contributed by atoms with Gasteiger partial charge >= 0.3 is 0 Å². The van der Waals surface area contributed by atoms with Crippen molar-refractivity contribution in [2.24, 2.45) is 13.0 Å². The summed E-state index contributed by atoms with van der Waals surface area (Å²) in [6.07, 6.45) is 0. The maximum absolute atomic E-state index is 12.7. The Hall–Kier alpha value is -2.84. The van der Waals surface area contributed by atoms with E-state index in [9.17, 15) is 9.59 Å². The van der Waals surface area contributed by atoms with Crippen LogP contribution in [0.2, 0.25) is 5.02 Å². The second kappa shape index (κ2) is 10.5. The molecule has 31 heavy (non-hydrogen) atoms. The Labute approximate surface area is 190 Å². The summed E-state index contributed by atoms with van der Waals surface area (Å²) in [5, 5.41) is 15.3. The van der Waals surface area contributed by atoms with Crippen LogP contribution in [0, 0.1) is 5.92 Å². The number of carbonyl (C=O) groups excluding carboxylic acids is 2. The first kappa shape index (κ1) is 22.8. The van der Waals surface area contributed by atoms with Crippen LogP contribution in [0.25, 0.3) is 0 Å². The molecule has 0 fully saturated rings. The molecule has 162 valence electrons. The first-order valence-electron chi connectivity index (χ1n) is 9.79. The summed E-state index contributed by atoms with van der Waals surface area (Å²) < 4.78 is 1.80. The highest BCUT2D eigenvalue weighted by Crippen LogP contribution is 2.25. The molecule has 9 heteroatoms. The molecular weight excluding hydrogens is 434 g/mol. The highest BCUT2D eigenvalue weighted by molar-refractivity contribution is 7.99. The normalized spacial score (nSPS) is 11.9. The fourth-order valence-corrected chi connectivity index (χ4v) is 3.90. The third-order valence-corrected chi connectivity index (χ3v) is 5.96. The van der Waals surface area contributed by atoms with Crippen LogP contribution in [-0.4, -0.2) is 32.3 Å². The number of nitrogens with zero attached hydrogens (tertiary/aromatic N) is 3. The van der Waals surface area contributed by atoms with Crippen molar-refractivity contribution < 1.29 is 9.59 Å². The zero-order valence-corrected chi connectivity index (χ0v) is 19.1. The van der Waals surface area contributed by atoms with Crippen LogP contribution in [0.15, 0.2) is 59.8 Å². The maximum atomic E-state index is 12.7. The Kier molecular flexibility index (Phi) is 7.70. The summed E-state index contributed by atoms with van der Waals surface area (Å²) in [5.74, 6) is 0.464. The molecule has 1 heterocycles. The maximum Gasteiger partial charge on any atom is 0.253 e. The van der Waals surface area contributed by atoms with Gasteiger partial charge in [-0.15, -0.1) is 10.2 Å². The van der Waals surface area contributed by atoms with Gasteiger partial charge in [0.05, 0.1) is 22.4 Å². The Morgan fingerprint density at radius 3 is 2.42 bits per heavy atom. The van der Waals surface area contributed by atoms with E-state index in [1.54, 1.807) is 28.8 Å². The summed E-state index contributed by atoms with van der Waals surface area (Å²) in [4.78, 5) is 25.0. The van der Waals surface area contributed by atoms with Crippen molar-refractivity contribution in [3.8, 4) is 0 Å². The van der Waals surface area contributed by atoms with Gasteiger partial charge < -0.3 is 15.2 Å². The lowest BCUT2D eigenvalue weighted by molar-refractivity contribution is -0.113. The molecule has 1 aromatic heterocycles. The SMILES string of the molecule is CC(C)[C@H](NC(=O)c1ccccc1Cl)c1nnc(SCC(=O)Nc2ccccc2)n1C. The first-order valence-corrected chi connectivity index (χ1v) is 11.2. The first-order chi connectivity index (χ1) is 14.9. The number of anilines is 1. The number of halogens is 1. The van der Waals surface area contributed by atoms with Gasteiger partial charge in [-0.1, -0.05) is 67.5 Å². The molecule has 3 rings (SSSR count). The van der Waals surface area contributed by atoms with Crippen molar-refractivity contribution in [3.05, 3.63) is 71.0 Å². The quantitative estimate of drug-likeness (QED) is 0.491. The van der Waals surface area contributed by atoms with Crippen LogP contribution >= 0.6 is 23.4 Å². The van der Waals surface area contributed by atoms with Gasteiger partial charge in [-0.25, -0.2) is 0 Å². The predicted molar refractivity (Wildman–Crippen MR) is 123 cm³/mol. The van der Waals surface area contributed by atoms with Crippen LogP contribution in [-0.2, 0) is 11.8 Å². The van der Waals surface area contributed by atoms with Gasteiger partial charge in [-0.3, -0.25) is 9.59 Å². The molecule has 3 aromatic rings. The van der Waals surface area contributed by atoms with Crippen molar-refractivity contribution >= 4 is 40.9 Å². The molecule has 7 nitrogen and oxygen atoms in total. The van der Waals surface area contributed by atoms with Crippen molar-refractivity contribution in [1.29, 1.82) is 0 Å². The third-order valence-electron chi connectivity index (χ3n) is 4.61. The molecule has 0 aliphatic heterocycles. The molecule has 0 radical (unpaired) electrons. The number of thioether (sulfide) groups is 1. The smallest absolute Gasteiger partial charge is 0.253 e. The number of hydrogen-bond acceptors (Lipinski definition) is 5. The van der Waals surface area contributed by atoms with E-state index in [2.05, 4.69) is 20.8 Å². The van der Waals surface area contributed by atoms with Gasteiger partial charge in [-0.2, -0.15) is 0 Å². The standard InChI is InChI=1S/C22H24ClN5O2S/c1-14(2)19(25-21(30)16-11-7-8-12-17(16)23)20-26-27-22(28(20)3)31-13-18(29)24-15-9-5-4-6-10-15/h4-12,14,19H,13H2,1-3H3,(H,24,29)(H,25,30)/t19-/m0/s1. The van der Waals surface area contributed by atoms with Crippen LogP contribution in [0.1, 0.15) is 36.1 Å². The molecule has 0 saturated carbocycles. The summed E-state index contributed by atoms with van der Waals surface area (Å²) in [6, 6.07) is 15.8. The molecule has 1 atom stereocenters. The van der Waals surface area contributed by atoms with Crippen molar-refractivity contribution in [1.82, 2.24) is 20.1 Å². The van der Waals surface area contributed by atoms with E-state index in [1.165, 1.54) is 11.8 Å². The van der Waals surface area contributed by atoms with E-state index < -0.39 is 0 Å². The van der Waals surface area contributed by atoms with Crippen molar-refractivity contribution in [2.75, 3.05) is 11.1 Å². The Bertz CT molecular complexity index is 1060. The van der Waals surface area contributed by atoms with Crippen LogP contribution in [0.3, 0.4) is 0 Å². The number of nitrogens with one attached hydrogen (secondary N) is 2. The van der Waals surface area contributed by atoms with E-state index in [0.29, 0.717) is 21.6 Å². The fraction of sp³-hybridized carbons (Fsp3) is 0.273. The van der Waals surface area contributed by atoms with E-state index in [-0.39, 0.29) is 29.5 Å². The largest absolute Gasteiger partial charge is 0.342 e. The summed E-state index contributed by atoms with van der Waals surface area (Å²) >= 11 is 7.44. The van der Waals surface area contributed by atoms with E-state index in [1.807, 2.05) is 51.2 Å². The lowest BCUT2D eigenvalue weighted by atomic mass is 10.0. The predicted octanol–water partition coefficient (Wildman–Crippen LogP) is 4.33. The second-order valence-corrected chi connectivity index (χ2v) is 8.63. The molecule has 0 unspecified atom stereocenters. The summed E-state index contributed by atoms with van der Waals surface area (Å²) in [6.45, 7) is 3.98. The second-order valence-electron chi connectivity index (χ2n) is 7.28. The Morgan fingerprint density at radius 2 is 1.74 bits per heavy atom. The Morgan fingerprint density at radius 1 is 1.06 bits per heavy atom. The van der Waals surface area contributed by atoms with Gasteiger partial charge in [0.1, 0.15) is 0 Å². The molecular formula is C22H24ClN5O2S. The molecule has 0 spiro atoms. The van der Waals surface area contributed by atoms with Gasteiger partial charge in [0.15, 0.2) is 11.0 Å². The average molecular weight is 458 g/mol. The van der Waals surface area contributed by atoms with E-state index >= 15 is 0 Å². The fourth-order valence-electron chi connectivity index (χ4n) is 2.97. The third kappa shape index (κ3) is 5.86. The highest BCUT2D eigenvalue weighted by Gasteiger charge is 2.26. The Balaban J connectivity index is 1.68. The van der Waals surface area contributed by atoms with Crippen molar-refractivity contribution in [2.45, 2.75) is 25.0 Å². The monoisotopic (exact) mass is 457 g/mol. The number of carbonyl (C=O) groups is 2. The molecule has 0 saturated heterocycles. The van der Waals surface area contributed by atoms with E-state index in [4.69, 9.17) is 11.6 Å². The molecule has 2 N–H and O–H groups in total. The van der Waals surface area contributed by atoms with Crippen LogP contribution in [0.4, 0.5) is 5.69 Å². The van der Waals surface area contributed by atoms with Gasteiger partial charge in [0.25, 0.3) is 5.91 Å².